The fourth-order valence-corrected chi connectivity index (χ4v) is 5.62. The summed E-state index contributed by atoms with van der Waals surface area (Å²) in [5.41, 5.74) is 3.96. The molecule has 0 bridgehead atoms. The molecule has 1 aliphatic rings. The van der Waals surface area contributed by atoms with Crippen molar-refractivity contribution in [3.63, 3.8) is 0 Å². The molecule has 0 aliphatic carbocycles. The molecule has 0 amide bonds. The molecule has 0 spiro atoms. The van der Waals surface area contributed by atoms with Gasteiger partial charge >= 0.3 is 0 Å². The predicted octanol–water partition coefficient (Wildman–Crippen LogP) is 4.22. The van der Waals surface area contributed by atoms with Crippen LogP contribution in [-0.4, -0.2) is 41.5 Å². The van der Waals surface area contributed by atoms with E-state index in [0.29, 0.717) is 31.1 Å². The van der Waals surface area contributed by atoms with Gasteiger partial charge in [0, 0.05) is 40.5 Å². The Bertz CT molecular complexity index is 1140. The van der Waals surface area contributed by atoms with Crippen LogP contribution in [0.3, 0.4) is 0 Å². The zero-order valence-corrected chi connectivity index (χ0v) is 19.6. The van der Waals surface area contributed by atoms with Crippen LogP contribution in [0, 0.1) is 0 Å². The third-order valence-corrected chi connectivity index (χ3v) is 7.26. The maximum Gasteiger partial charge on any atom is 0.211 e. The summed E-state index contributed by atoms with van der Waals surface area (Å²) in [5, 5.41) is 0.647. The fraction of sp³-hybridized carbons (Fsp3) is 0.286. The highest BCUT2D eigenvalue weighted by Gasteiger charge is 2.33. The van der Waals surface area contributed by atoms with Gasteiger partial charge < -0.3 is 9.88 Å². The largest absolute Gasteiger partial charge is 0.364 e. The number of anilines is 1. The number of rotatable bonds is 5. The number of hydrogen-bond acceptors (Lipinski definition) is 4. The zero-order valence-electron chi connectivity index (χ0n) is 16.4. The van der Waals surface area contributed by atoms with Crippen LogP contribution >= 0.6 is 27.5 Å². The summed E-state index contributed by atoms with van der Waals surface area (Å²) >= 11 is 9.70. The monoisotopic (exact) mass is 508 g/mol. The first-order valence-electron chi connectivity index (χ1n) is 9.51. The number of H-pyrrole nitrogens is 1. The van der Waals surface area contributed by atoms with Crippen LogP contribution in [-0.2, 0) is 29.5 Å². The molecule has 1 aliphatic heterocycles. The molecule has 1 aromatic heterocycles. The van der Waals surface area contributed by atoms with Crippen LogP contribution in [0.4, 0.5) is 5.69 Å². The van der Waals surface area contributed by atoms with Crippen LogP contribution in [0.1, 0.15) is 16.8 Å². The van der Waals surface area contributed by atoms with Crippen molar-refractivity contribution in [2.75, 3.05) is 17.7 Å². The first-order valence-corrected chi connectivity index (χ1v) is 12.5. The van der Waals surface area contributed by atoms with Gasteiger partial charge in [-0.05, 0) is 47.9 Å². The molecule has 6 nitrogen and oxygen atoms in total. The number of sulfonamides is 1. The molecule has 2 aromatic carbocycles. The van der Waals surface area contributed by atoms with Crippen molar-refractivity contribution < 1.29 is 8.42 Å². The smallest absolute Gasteiger partial charge is 0.211 e. The Labute approximate surface area is 190 Å². The number of imidazole rings is 1. The van der Waals surface area contributed by atoms with Gasteiger partial charge in [-0.3, -0.25) is 0 Å². The van der Waals surface area contributed by atoms with E-state index < -0.39 is 10.0 Å². The minimum atomic E-state index is -3.43. The van der Waals surface area contributed by atoms with E-state index in [1.54, 1.807) is 16.8 Å². The second-order valence-electron chi connectivity index (χ2n) is 7.53. The Morgan fingerprint density at radius 2 is 2.10 bits per heavy atom. The van der Waals surface area contributed by atoms with Crippen molar-refractivity contribution in [1.29, 1.82) is 0 Å². The number of aromatic nitrogens is 2. The Morgan fingerprint density at radius 1 is 1.27 bits per heavy atom. The Hall–Kier alpha value is -1.87. The molecule has 158 valence electrons. The van der Waals surface area contributed by atoms with E-state index in [1.807, 2.05) is 42.5 Å². The molecule has 0 unspecified atom stereocenters. The van der Waals surface area contributed by atoms with E-state index in [0.717, 1.165) is 27.0 Å². The van der Waals surface area contributed by atoms with Gasteiger partial charge in [0.25, 0.3) is 0 Å². The Kier molecular flexibility index (Phi) is 6.20. The molecule has 0 saturated heterocycles. The van der Waals surface area contributed by atoms with Gasteiger partial charge in [-0.2, -0.15) is 4.31 Å². The van der Waals surface area contributed by atoms with Crippen LogP contribution < -0.4 is 4.90 Å². The molecular formula is C21H22BrClN4O2S. The summed E-state index contributed by atoms with van der Waals surface area (Å²) in [6.45, 7) is 1.48. The second kappa shape index (κ2) is 8.70. The molecule has 0 saturated carbocycles. The van der Waals surface area contributed by atoms with E-state index >= 15 is 0 Å². The standard InChI is InChI=1S/C21H22BrClN4O2S/c1-30(28,29)27-11-16-9-17(22)5-6-21(16)26(12-19-10-24-14-25-19)13-20(27)8-15-3-2-4-18(23)7-15/h2-7,9-10,14,20H,8,11-13H2,1H3,(H,24,25)/t20-/m0/s1. The first-order chi connectivity index (χ1) is 14.3. The lowest BCUT2D eigenvalue weighted by atomic mass is 10.1. The summed E-state index contributed by atoms with van der Waals surface area (Å²) in [6.07, 6.45) is 5.30. The fourth-order valence-electron chi connectivity index (χ4n) is 3.95. The summed E-state index contributed by atoms with van der Waals surface area (Å²) < 4.78 is 28.1. The molecule has 9 heteroatoms. The van der Waals surface area contributed by atoms with E-state index in [4.69, 9.17) is 11.6 Å². The normalized spacial score (nSPS) is 17.6. The number of nitrogens with one attached hydrogen (secondary N) is 1. The van der Waals surface area contributed by atoms with Gasteiger partial charge in [0.2, 0.25) is 10.0 Å². The summed E-state index contributed by atoms with van der Waals surface area (Å²) in [7, 11) is -3.43. The number of halogens is 2. The van der Waals surface area contributed by atoms with E-state index in [-0.39, 0.29) is 6.04 Å². The minimum Gasteiger partial charge on any atom is -0.364 e. The Balaban J connectivity index is 1.76. The van der Waals surface area contributed by atoms with Gasteiger partial charge in [0.05, 0.1) is 24.8 Å². The lowest BCUT2D eigenvalue weighted by Crippen LogP contribution is -2.45. The maximum absolute atomic E-state index is 12.8. The lowest BCUT2D eigenvalue weighted by molar-refractivity contribution is 0.320. The third kappa shape index (κ3) is 4.88. The third-order valence-electron chi connectivity index (χ3n) is 5.25. The molecule has 1 N–H and O–H groups in total. The average molecular weight is 510 g/mol. The van der Waals surface area contributed by atoms with Crippen LogP contribution in [0.2, 0.25) is 5.02 Å². The lowest BCUT2D eigenvalue weighted by Gasteiger charge is -2.31. The highest BCUT2D eigenvalue weighted by molar-refractivity contribution is 9.10. The predicted molar refractivity (Wildman–Crippen MR) is 123 cm³/mol. The van der Waals surface area contributed by atoms with Crippen molar-refractivity contribution in [1.82, 2.24) is 14.3 Å². The van der Waals surface area contributed by atoms with Gasteiger partial charge in [-0.15, -0.1) is 0 Å². The van der Waals surface area contributed by atoms with Crippen molar-refractivity contribution in [2.24, 2.45) is 0 Å². The van der Waals surface area contributed by atoms with Gasteiger partial charge in [-0.25, -0.2) is 13.4 Å². The number of fused-ring (bicyclic) bond motifs is 1. The Morgan fingerprint density at radius 3 is 2.80 bits per heavy atom. The van der Waals surface area contributed by atoms with E-state index in [2.05, 4.69) is 30.8 Å². The topological polar surface area (TPSA) is 69.3 Å². The van der Waals surface area contributed by atoms with Gasteiger partial charge in [0.15, 0.2) is 0 Å². The zero-order chi connectivity index (χ0) is 21.3. The van der Waals surface area contributed by atoms with Crippen LogP contribution in [0.15, 0.2) is 59.5 Å². The molecule has 2 heterocycles. The first kappa shape index (κ1) is 21.4. The van der Waals surface area contributed by atoms with E-state index in [1.165, 1.54) is 6.26 Å². The van der Waals surface area contributed by atoms with Crippen LogP contribution in [0.25, 0.3) is 0 Å². The number of hydrogen-bond donors (Lipinski definition) is 1. The molecule has 0 fully saturated rings. The van der Waals surface area contributed by atoms with E-state index in [9.17, 15) is 8.42 Å². The molecular weight excluding hydrogens is 488 g/mol. The average Bonchev–Trinajstić information content (AvgIpc) is 3.12. The van der Waals surface area contributed by atoms with Crippen molar-refractivity contribution in [2.45, 2.75) is 25.6 Å². The number of nitrogens with zero attached hydrogens (tertiary/aromatic N) is 3. The SMILES string of the molecule is CS(=O)(=O)N1Cc2cc(Br)ccc2N(Cc2cnc[nH]2)C[C@@H]1Cc1cccc(Cl)c1. The van der Waals surface area contributed by atoms with Gasteiger partial charge in [-0.1, -0.05) is 39.7 Å². The van der Waals surface area contributed by atoms with Crippen LogP contribution in [0.5, 0.6) is 0 Å². The molecule has 0 radical (unpaired) electrons. The van der Waals surface area contributed by atoms with Crippen molar-refractivity contribution >= 4 is 43.2 Å². The number of aromatic amines is 1. The highest BCUT2D eigenvalue weighted by Crippen LogP contribution is 2.33. The summed E-state index contributed by atoms with van der Waals surface area (Å²) in [6, 6.07) is 13.4. The second-order valence-corrected chi connectivity index (χ2v) is 10.8. The van der Waals surface area contributed by atoms with Crippen molar-refractivity contribution in [3.05, 3.63) is 81.3 Å². The molecule has 1 atom stereocenters. The summed E-state index contributed by atoms with van der Waals surface area (Å²) in [5.74, 6) is 0. The summed E-state index contributed by atoms with van der Waals surface area (Å²) in [4.78, 5) is 9.49. The molecule has 4 rings (SSSR count). The van der Waals surface area contributed by atoms with Gasteiger partial charge in [0.1, 0.15) is 0 Å². The number of benzene rings is 2. The minimum absolute atomic E-state index is 0.243. The highest BCUT2D eigenvalue weighted by atomic mass is 79.9. The van der Waals surface area contributed by atoms with Crippen molar-refractivity contribution in [3.8, 4) is 0 Å². The molecule has 30 heavy (non-hydrogen) atoms. The molecule has 3 aromatic rings. The quantitative estimate of drug-likeness (QED) is 0.559. The maximum atomic E-state index is 12.8.